The molecule has 0 amide bonds. The van der Waals surface area contributed by atoms with Crippen LogP contribution in [0, 0.1) is 6.92 Å². The maximum atomic E-state index is 12.9. The molecule has 0 atom stereocenters. The van der Waals surface area contributed by atoms with Gasteiger partial charge in [-0.3, -0.25) is 0 Å². The topological polar surface area (TPSA) is 64.7 Å². The summed E-state index contributed by atoms with van der Waals surface area (Å²) in [7, 11) is 2.01. The van der Waals surface area contributed by atoms with Gasteiger partial charge in [0.1, 0.15) is 17.5 Å². The molecule has 5 rings (SSSR count). The third-order valence-electron chi connectivity index (χ3n) is 5.35. The van der Waals surface area contributed by atoms with Gasteiger partial charge in [0.05, 0.1) is 28.7 Å². The number of anilines is 1. The molecule has 1 aliphatic heterocycles. The van der Waals surface area contributed by atoms with Gasteiger partial charge in [-0.05, 0) is 19.1 Å². The van der Waals surface area contributed by atoms with Crippen molar-refractivity contribution in [2.24, 2.45) is 7.05 Å². The van der Waals surface area contributed by atoms with Crippen LogP contribution in [0.2, 0.25) is 0 Å². The van der Waals surface area contributed by atoms with Gasteiger partial charge in [-0.2, -0.15) is 18.3 Å². The van der Waals surface area contributed by atoms with Crippen molar-refractivity contribution in [3.8, 4) is 5.82 Å². The second-order valence-electron chi connectivity index (χ2n) is 7.42. The van der Waals surface area contributed by atoms with Crippen LogP contribution in [0.4, 0.5) is 19.0 Å². The zero-order valence-electron chi connectivity index (χ0n) is 16.3. The zero-order chi connectivity index (χ0) is 21.0. The van der Waals surface area contributed by atoms with E-state index in [1.807, 2.05) is 31.3 Å². The van der Waals surface area contributed by atoms with Gasteiger partial charge < -0.3 is 9.47 Å². The minimum absolute atomic E-state index is 0.252. The molecule has 7 nitrogen and oxygen atoms in total. The summed E-state index contributed by atoms with van der Waals surface area (Å²) in [6, 6.07) is 9.66. The Balaban J connectivity index is 1.38. The van der Waals surface area contributed by atoms with Crippen molar-refractivity contribution in [2.45, 2.75) is 19.0 Å². The number of imidazole rings is 1. The molecule has 1 aliphatic rings. The largest absolute Gasteiger partial charge is 0.419 e. The van der Waals surface area contributed by atoms with E-state index in [1.54, 1.807) is 13.0 Å². The van der Waals surface area contributed by atoms with Crippen LogP contribution in [0.3, 0.4) is 0 Å². The van der Waals surface area contributed by atoms with Crippen molar-refractivity contribution in [3.63, 3.8) is 0 Å². The highest BCUT2D eigenvalue weighted by atomic mass is 19.4. The third-order valence-corrected chi connectivity index (χ3v) is 5.35. The average Bonchev–Trinajstić information content (AvgIpc) is 3.27. The highest BCUT2D eigenvalue weighted by Gasteiger charge is 2.34. The van der Waals surface area contributed by atoms with Crippen LogP contribution in [0.25, 0.3) is 16.9 Å². The molecule has 0 N–H and O–H groups in total. The van der Waals surface area contributed by atoms with Gasteiger partial charge in [0.15, 0.2) is 5.82 Å². The second kappa shape index (κ2) is 6.54. The number of hydrogen-bond donors (Lipinski definition) is 0. The molecule has 30 heavy (non-hydrogen) atoms. The van der Waals surface area contributed by atoms with Gasteiger partial charge in [0.2, 0.25) is 0 Å². The number of alkyl halides is 3. The van der Waals surface area contributed by atoms with E-state index >= 15 is 0 Å². The van der Waals surface area contributed by atoms with Crippen LogP contribution >= 0.6 is 0 Å². The molecular formula is C20H18F3N7. The summed E-state index contributed by atoms with van der Waals surface area (Å²) in [5.74, 6) is 2.71. The standard InChI is InChI=1S/C20H18F3N7/c1-12-25-17(7-18(26-12)30-11-14(8-24-30)20(21,22)23)29-9-13(10-29)19-27-15-5-3-4-6-16(15)28(19)2/h3-8,11,13H,9-10H2,1-2H3. The number of benzene rings is 1. The Morgan fingerprint density at radius 2 is 1.77 bits per heavy atom. The number of aryl methyl sites for hydroxylation is 2. The number of aromatic nitrogens is 6. The van der Waals surface area contributed by atoms with E-state index in [2.05, 4.69) is 24.5 Å². The van der Waals surface area contributed by atoms with Crippen molar-refractivity contribution in [3.05, 3.63) is 59.9 Å². The lowest BCUT2D eigenvalue weighted by Gasteiger charge is -2.39. The van der Waals surface area contributed by atoms with Gasteiger partial charge in [-0.1, -0.05) is 12.1 Å². The fourth-order valence-electron chi connectivity index (χ4n) is 3.77. The van der Waals surface area contributed by atoms with Crippen molar-refractivity contribution in [2.75, 3.05) is 18.0 Å². The van der Waals surface area contributed by atoms with Crippen LogP contribution < -0.4 is 4.90 Å². The van der Waals surface area contributed by atoms with E-state index in [9.17, 15) is 13.2 Å². The summed E-state index contributed by atoms with van der Waals surface area (Å²) in [6.45, 7) is 3.16. The molecule has 1 fully saturated rings. The molecule has 0 radical (unpaired) electrons. The Kier molecular flexibility index (Phi) is 4.05. The molecule has 0 aliphatic carbocycles. The van der Waals surface area contributed by atoms with E-state index in [0.29, 0.717) is 17.5 Å². The summed E-state index contributed by atoms with van der Waals surface area (Å²) >= 11 is 0. The van der Waals surface area contributed by atoms with Gasteiger partial charge in [0, 0.05) is 32.4 Å². The van der Waals surface area contributed by atoms with Crippen LogP contribution in [0.15, 0.2) is 42.7 Å². The summed E-state index contributed by atoms with van der Waals surface area (Å²) in [5.41, 5.74) is 1.24. The number of hydrogen-bond acceptors (Lipinski definition) is 5. The van der Waals surface area contributed by atoms with Crippen molar-refractivity contribution in [1.82, 2.24) is 29.3 Å². The maximum Gasteiger partial charge on any atom is 0.419 e. The van der Waals surface area contributed by atoms with Crippen molar-refractivity contribution in [1.29, 1.82) is 0 Å². The molecule has 3 aromatic heterocycles. The molecular weight excluding hydrogens is 395 g/mol. The quantitative estimate of drug-likeness (QED) is 0.515. The number of fused-ring (bicyclic) bond motifs is 1. The summed E-state index contributed by atoms with van der Waals surface area (Å²) in [6.07, 6.45) is -2.72. The first-order valence-corrected chi connectivity index (χ1v) is 9.44. The first-order valence-electron chi connectivity index (χ1n) is 9.44. The molecule has 154 valence electrons. The first kappa shape index (κ1) is 18.6. The van der Waals surface area contributed by atoms with Gasteiger partial charge in [0.25, 0.3) is 0 Å². The van der Waals surface area contributed by atoms with Crippen LogP contribution in [-0.2, 0) is 13.2 Å². The van der Waals surface area contributed by atoms with Crippen LogP contribution in [0.1, 0.15) is 23.1 Å². The zero-order valence-corrected chi connectivity index (χ0v) is 16.3. The number of nitrogens with zero attached hydrogens (tertiary/aromatic N) is 7. The molecule has 4 heterocycles. The summed E-state index contributed by atoms with van der Waals surface area (Å²) in [4.78, 5) is 15.5. The second-order valence-corrected chi connectivity index (χ2v) is 7.42. The van der Waals surface area contributed by atoms with Gasteiger partial charge in [-0.15, -0.1) is 0 Å². The molecule has 1 aromatic carbocycles. The van der Waals surface area contributed by atoms with E-state index < -0.39 is 11.7 Å². The Labute approximate surface area is 169 Å². The summed E-state index contributed by atoms with van der Waals surface area (Å²) in [5, 5.41) is 3.81. The van der Waals surface area contributed by atoms with Gasteiger partial charge >= 0.3 is 6.18 Å². The Morgan fingerprint density at radius 3 is 2.47 bits per heavy atom. The normalized spacial score (nSPS) is 15.0. The van der Waals surface area contributed by atoms with E-state index in [4.69, 9.17) is 4.98 Å². The predicted octanol–water partition coefficient (Wildman–Crippen LogP) is 3.48. The molecule has 1 saturated heterocycles. The monoisotopic (exact) mass is 413 g/mol. The minimum Gasteiger partial charge on any atom is -0.355 e. The lowest BCUT2D eigenvalue weighted by atomic mass is 9.99. The average molecular weight is 413 g/mol. The third kappa shape index (κ3) is 3.08. The van der Waals surface area contributed by atoms with E-state index in [-0.39, 0.29) is 5.92 Å². The number of para-hydroxylation sites is 2. The number of halogens is 3. The Morgan fingerprint density at radius 1 is 1.03 bits per heavy atom. The molecule has 10 heteroatoms. The fourth-order valence-corrected chi connectivity index (χ4v) is 3.77. The molecule has 0 unspecified atom stereocenters. The lowest BCUT2D eigenvalue weighted by Crippen LogP contribution is -2.46. The highest BCUT2D eigenvalue weighted by molar-refractivity contribution is 5.76. The van der Waals surface area contributed by atoms with Crippen LogP contribution in [0.5, 0.6) is 0 Å². The van der Waals surface area contributed by atoms with Gasteiger partial charge in [-0.25, -0.2) is 19.6 Å². The molecule has 4 aromatic rings. The Hall–Kier alpha value is -3.43. The molecule has 0 spiro atoms. The highest BCUT2D eigenvalue weighted by Crippen LogP contribution is 2.33. The number of rotatable bonds is 3. The predicted molar refractivity (Wildman–Crippen MR) is 105 cm³/mol. The van der Waals surface area contributed by atoms with Crippen LogP contribution in [-0.4, -0.2) is 42.4 Å². The fraction of sp³-hybridized carbons (Fsp3) is 0.300. The molecule has 0 saturated carbocycles. The maximum absolute atomic E-state index is 12.9. The Bertz CT molecular complexity index is 1230. The molecule has 0 bridgehead atoms. The van der Waals surface area contributed by atoms with E-state index in [1.165, 1.54) is 0 Å². The van der Waals surface area contributed by atoms with Crippen molar-refractivity contribution >= 4 is 16.9 Å². The smallest absolute Gasteiger partial charge is 0.355 e. The SMILES string of the molecule is Cc1nc(N2CC(c3nc4ccccc4n3C)C2)cc(-n2cc(C(F)(F)F)cn2)n1. The lowest BCUT2D eigenvalue weighted by molar-refractivity contribution is -0.137. The first-order chi connectivity index (χ1) is 14.3. The van der Waals surface area contributed by atoms with Crippen molar-refractivity contribution < 1.29 is 13.2 Å². The van der Waals surface area contributed by atoms with E-state index in [0.717, 1.165) is 47.0 Å². The minimum atomic E-state index is -4.44. The summed E-state index contributed by atoms with van der Waals surface area (Å²) < 4.78 is 41.9.